The number of anilines is 1. The van der Waals surface area contributed by atoms with Crippen LogP contribution >= 0.6 is 23.4 Å². The van der Waals surface area contributed by atoms with Crippen LogP contribution in [-0.2, 0) is 0 Å². The van der Waals surface area contributed by atoms with Crippen molar-refractivity contribution in [2.45, 2.75) is 6.92 Å². The Kier molecular flexibility index (Phi) is 6.36. The molecule has 5 heteroatoms. The normalized spacial score (nSPS) is 10.2. The predicted octanol–water partition coefficient (Wildman–Crippen LogP) is 3.21. The van der Waals surface area contributed by atoms with Gasteiger partial charge >= 0.3 is 0 Å². The zero-order valence-electron chi connectivity index (χ0n) is 11.0. The molecule has 1 aromatic rings. The first-order valence-corrected chi connectivity index (χ1v) is 7.65. The van der Waals surface area contributed by atoms with Gasteiger partial charge in [-0.15, -0.1) is 0 Å². The van der Waals surface area contributed by atoms with Crippen LogP contribution in [0.5, 0.6) is 0 Å². The average Bonchev–Trinajstić information content (AvgIpc) is 2.37. The largest absolute Gasteiger partial charge is 0.385 e. The second kappa shape index (κ2) is 7.54. The summed E-state index contributed by atoms with van der Waals surface area (Å²) in [4.78, 5) is 14.0. The third-order valence-electron chi connectivity index (χ3n) is 2.56. The SMILES string of the molecule is CCNc1ccc(Cl)cc1C(=O)N(C)CCSC. The molecule has 0 saturated heterocycles. The molecule has 0 bridgehead atoms. The lowest BCUT2D eigenvalue weighted by molar-refractivity contribution is 0.0804. The maximum Gasteiger partial charge on any atom is 0.255 e. The van der Waals surface area contributed by atoms with E-state index in [0.717, 1.165) is 24.5 Å². The second-order valence-electron chi connectivity index (χ2n) is 3.94. The van der Waals surface area contributed by atoms with Crippen LogP contribution in [0.4, 0.5) is 5.69 Å². The molecule has 1 rings (SSSR count). The summed E-state index contributed by atoms with van der Waals surface area (Å²) in [5.74, 6) is 0.932. The van der Waals surface area contributed by atoms with Gasteiger partial charge in [0.2, 0.25) is 0 Å². The van der Waals surface area contributed by atoms with Crippen LogP contribution in [0.15, 0.2) is 18.2 Å². The van der Waals surface area contributed by atoms with Crippen LogP contribution < -0.4 is 5.32 Å². The average molecular weight is 287 g/mol. The van der Waals surface area contributed by atoms with Gasteiger partial charge in [0.25, 0.3) is 5.91 Å². The quantitative estimate of drug-likeness (QED) is 0.871. The molecule has 0 radical (unpaired) electrons. The molecule has 1 aromatic carbocycles. The molecular formula is C13H19ClN2OS. The molecular weight excluding hydrogens is 268 g/mol. The van der Waals surface area contributed by atoms with Gasteiger partial charge in [0.15, 0.2) is 0 Å². The Bertz CT molecular complexity index is 412. The van der Waals surface area contributed by atoms with Crippen molar-refractivity contribution in [2.24, 2.45) is 0 Å². The van der Waals surface area contributed by atoms with E-state index < -0.39 is 0 Å². The fourth-order valence-corrected chi connectivity index (χ4v) is 2.20. The molecule has 0 unspecified atom stereocenters. The predicted molar refractivity (Wildman–Crippen MR) is 81.0 cm³/mol. The molecule has 0 heterocycles. The highest BCUT2D eigenvalue weighted by molar-refractivity contribution is 7.98. The first-order chi connectivity index (χ1) is 8.60. The Morgan fingerprint density at radius 2 is 2.22 bits per heavy atom. The highest BCUT2D eigenvalue weighted by Gasteiger charge is 2.15. The minimum atomic E-state index is 0.00231. The van der Waals surface area contributed by atoms with Crippen molar-refractivity contribution in [1.29, 1.82) is 0 Å². The molecule has 0 atom stereocenters. The number of benzene rings is 1. The highest BCUT2D eigenvalue weighted by Crippen LogP contribution is 2.22. The van der Waals surface area contributed by atoms with E-state index in [2.05, 4.69) is 5.32 Å². The van der Waals surface area contributed by atoms with E-state index in [-0.39, 0.29) is 5.91 Å². The summed E-state index contributed by atoms with van der Waals surface area (Å²) in [6.07, 6.45) is 2.03. The van der Waals surface area contributed by atoms with Crippen LogP contribution in [0.25, 0.3) is 0 Å². The van der Waals surface area contributed by atoms with E-state index in [1.807, 2.05) is 26.3 Å². The van der Waals surface area contributed by atoms with Crippen molar-refractivity contribution in [3.8, 4) is 0 Å². The van der Waals surface area contributed by atoms with Crippen molar-refractivity contribution >= 4 is 35.0 Å². The Balaban J connectivity index is 2.91. The van der Waals surface area contributed by atoms with Crippen LogP contribution in [0.3, 0.4) is 0 Å². The maximum absolute atomic E-state index is 12.3. The first-order valence-electron chi connectivity index (χ1n) is 5.88. The van der Waals surface area contributed by atoms with Crippen LogP contribution in [0, 0.1) is 0 Å². The first kappa shape index (κ1) is 15.2. The number of amides is 1. The monoisotopic (exact) mass is 286 g/mol. The second-order valence-corrected chi connectivity index (χ2v) is 5.36. The smallest absolute Gasteiger partial charge is 0.255 e. The fraction of sp³-hybridized carbons (Fsp3) is 0.462. The highest BCUT2D eigenvalue weighted by atomic mass is 35.5. The minimum absolute atomic E-state index is 0.00231. The van der Waals surface area contributed by atoms with Gasteiger partial charge in [-0.2, -0.15) is 11.8 Å². The Morgan fingerprint density at radius 1 is 1.50 bits per heavy atom. The zero-order valence-corrected chi connectivity index (χ0v) is 12.6. The van der Waals surface area contributed by atoms with Gasteiger partial charge in [0, 0.05) is 36.6 Å². The molecule has 0 saturated carbocycles. The van der Waals surface area contributed by atoms with Gasteiger partial charge in [-0.3, -0.25) is 4.79 Å². The van der Waals surface area contributed by atoms with Crippen LogP contribution in [0.2, 0.25) is 5.02 Å². The van der Waals surface area contributed by atoms with Gasteiger partial charge < -0.3 is 10.2 Å². The van der Waals surface area contributed by atoms with E-state index in [4.69, 9.17) is 11.6 Å². The van der Waals surface area contributed by atoms with Crippen molar-refractivity contribution < 1.29 is 4.79 Å². The summed E-state index contributed by atoms with van der Waals surface area (Å²) in [7, 11) is 1.81. The summed E-state index contributed by atoms with van der Waals surface area (Å²) in [5.41, 5.74) is 1.47. The standard InChI is InChI=1S/C13H19ClN2OS/c1-4-15-12-6-5-10(14)9-11(12)13(17)16(2)7-8-18-3/h5-6,9,15H,4,7-8H2,1-3H3. The summed E-state index contributed by atoms with van der Waals surface area (Å²) in [6.45, 7) is 3.51. The number of hydrogen-bond acceptors (Lipinski definition) is 3. The summed E-state index contributed by atoms with van der Waals surface area (Å²) >= 11 is 7.69. The molecule has 0 aliphatic rings. The lowest BCUT2D eigenvalue weighted by Crippen LogP contribution is -2.29. The van der Waals surface area contributed by atoms with Crippen molar-refractivity contribution in [3.63, 3.8) is 0 Å². The molecule has 0 aliphatic heterocycles. The van der Waals surface area contributed by atoms with Crippen molar-refractivity contribution in [1.82, 2.24) is 4.90 Å². The van der Waals surface area contributed by atoms with Gasteiger partial charge in [0.1, 0.15) is 0 Å². The van der Waals surface area contributed by atoms with Crippen LogP contribution in [-0.4, -0.2) is 43.0 Å². The number of carbonyl (C=O) groups excluding carboxylic acids is 1. The molecule has 1 N–H and O–H groups in total. The van der Waals surface area contributed by atoms with Gasteiger partial charge in [0.05, 0.1) is 5.56 Å². The zero-order chi connectivity index (χ0) is 13.5. The van der Waals surface area contributed by atoms with E-state index in [9.17, 15) is 4.79 Å². The number of nitrogens with one attached hydrogen (secondary N) is 1. The number of carbonyl (C=O) groups is 1. The Morgan fingerprint density at radius 3 is 2.83 bits per heavy atom. The molecule has 18 heavy (non-hydrogen) atoms. The lowest BCUT2D eigenvalue weighted by atomic mass is 10.1. The maximum atomic E-state index is 12.3. The van der Waals surface area contributed by atoms with E-state index in [1.165, 1.54) is 0 Å². The van der Waals surface area contributed by atoms with Crippen LogP contribution in [0.1, 0.15) is 17.3 Å². The summed E-state index contributed by atoms with van der Waals surface area (Å²) < 4.78 is 0. The van der Waals surface area contributed by atoms with E-state index >= 15 is 0 Å². The number of hydrogen-bond donors (Lipinski definition) is 1. The van der Waals surface area contributed by atoms with E-state index in [1.54, 1.807) is 28.8 Å². The van der Waals surface area contributed by atoms with Gasteiger partial charge in [-0.25, -0.2) is 0 Å². The van der Waals surface area contributed by atoms with Gasteiger partial charge in [-0.05, 0) is 31.4 Å². The minimum Gasteiger partial charge on any atom is -0.385 e. The Labute approximate surface area is 118 Å². The topological polar surface area (TPSA) is 32.3 Å². The number of thioether (sulfide) groups is 1. The summed E-state index contributed by atoms with van der Waals surface area (Å²) in [6, 6.07) is 5.36. The summed E-state index contributed by atoms with van der Waals surface area (Å²) in [5, 5.41) is 3.77. The lowest BCUT2D eigenvalue weighted by Gasteiger charge is -2.19. The number of nitrogens with zero attached hydrogens (tertiary/aromatic N) is 1. The molecule has 0 aromatic heterocycles. The number of rotatable bonds is 6. The fourth-order valence-electron chi connectivity index (χ4n) is 1.57. The molecule has 0 spiro atoms. The van der Waals surface area contributed by atoms with Crippen molar-refractivity contribution in [3.05, 3.63) is 28.8 Å². The molecule has 0 fully saturated rings. The molecule has 3 nitrogen and oxygen atoms in total. The molecule has 1 amide bonds. The number of halogens is 1. The molecule has 0 aliphatic carbocycles. The molecule has 100 valence electrons. The third-order valence-corrected chi connectivity index (χ3v) is 3.38. The van der Waals surface area contributed by atoms with E-state index in [0.29, 0.717) is 10.6 Å². The van der Waals surface area contributed by atoms with Crippen molar-refractivity contribution in [2.75, 3.05) is 37.5 Å². The third kappa shape index (κ3) is 4.10. The van der Waals surface area contributed by atoms with Gasteiger partial charge in [-0.1, -0.05) is 11.6 Å². The Hall–Kier alpha value is -0.870.